The van der Waals surface area contributed by atoms with E-state index >= 15 is 0 Å². The standard InChI is InChI=1S/C20H23N3O3/c24-18(17-6-7-19(25)22-21-17)13-23-11-15-9-20(26,10-16(15)12-23)8-14-4-2-1-3-5-14/h1-7,15-16,26H,8-13H2,(H,22,25)/t15-,16+,20?. The van der Waals surface area contributed by atoms with Crippen molar-refractivity contribution in [2.24, 2.45) is 11.8 Å². The molecule has 1 aliphatic heterocycles. The summed E-state index contributed by atoms with van der Waals surface area (Å²) in [5, 5.41) is 17.1. The molecule has 0 bridgehead atoms. The molecule has 1 aromatic heterocycles. The number of H-pyrrole nitrogens is 1. The van der Waals surface area contributed by atoms with E-state index in [4.69, 9.17) is 0 Å². The molecule has 0 spiro atoms. The van der Waals surface area contributed by atoms with Gasteiger partial charge < -0.3 is 5.11 Å². The predicted octanol–water partition coefficient (Wildman–Crippen LogP) is 1.27. The molecule has 0 radical (unpaired) electrons. The van der Waals surface area contributed by atoms with Crippen LogP contribution < -0.4 is 5.56 Å². The summed E-state index contributed by atoms with van der Waals surface area (Å²) in [6.45, 7) is 1.97. The van der Waals surface area contributed by atoms with Gasteiger partial charge in [-0.2, -0.15) is 5.10 Å². The van der Waals surface area contributed by atoms with Crippen LogP contribution in [0.3, 0.4) is 0 Å². The highest BCUT2D eigenvalue weighted by Crippen LogP contribution is 2.45. The molecular weight excluding hydrogens is 330 g/mol. The van der Waals surface area contributed by atoms with Crippen molar-refractivity contribution >= 4 is 5.78 Å². The first-order valence-electron chi connectivity index (χ1n) is 9.08. The zero-order valence-electron chi connectivity index (χ0n) is 14.6. The molecular formula is C20H23N3O3. The molecule has 4 rings (SSSR count). The van der Waals surface area contributed by atoms with Crippen LogP contribution in [0.15, 0.2) is 47.3 Å². The molecule has 2 aromatic rings. The predicted molar refractivity (Wildman–Crippen MR) is 96.9 cm³/mol. The third kappa shape index (κ3) is 3.61. The second kappa shape index (κ2) is 6.78. The number of aromatic amines is 1. The summed E-state index contributed by atoms with van der Waals surface area (Å²) in [5.41, 5.74) is 0.524. The van der Waals surface area contributed by atoms with Crippen molar-refractivity contribution < 1.29 is 9.90 Å². The first-order valence-corrected chi connectivity index (χ1v) is 9.08. The second-order valence-corrected chi connectivity index (χ2v) is 7.74. The first kappa shape index (κ1) is 17.1. The first-order chi connectivity index (χ1) is 12.5. The summed E-state index contributed by atoms with van der Waals surface area (Å²) in [4.78, 5) is 25.5. The number of likely N-dealkylation sites (tertiary alicyclic amines) is 1. The van der Waals surface area contributed by atoms with Gasteiger partial charge in [-0.05, 0) is 36.3 Å². The van der Waals surface area contributed by atoms with E-state index in [2.05, 4.69) is 27.2 Å². The number of nitrogens with zero attached hydrogens (tertiary/aromatic N) is 2. The number of carbonyl (C=O) groups excluding carboxylic acids is 1. The van der Waals surface area contributed by atoms with Gasteiger partial charge in [0.25, 0.3) is 5.56 Å². The zero-order chi connectivity index (χ0) is 18.1. The SMILES string of the molecule is O=C(CN1C[C@@H]2CC(O)(Cc3ccccc3)C[C@@H]2C1)c1ccc(=O)[nH]n1. The maximum atomic E-state index is 12.3. The Kier molecular flexibility index (Phi) is 4.46. The van der Waals surface area contributed by atoms with Gasteiger partial charge in [-0.3, -0.25) is 14.5 Å². The van der Waals surface area contributed by atoms with E-state index in [1.165, 1.54) is 17.7 Å². The smallest absolute Gasteiger partial charge is 0.264 e. The lowest BCUT2D eigenvalue weighted by Gasteiger charge is -2.25. The molecule has 2 N–H and O–H groups in total. The van der Waals surface area contributed by atoms with Gasteiger partial charge in [0.05, 0.1) is 12.1 Å². The maximum absolute atomic E-state index is 12.3. The molecule has 2 fully saturated rings. The lowest BCUT2D eigenvalue weighted by Crippen LogP contribution is -2.34. The van der Waals surface area contributed by atoms with Gasteiger partial charge in [0.2, 0.25) is 0 Å². The molecule has 1 aromatic carbocycles. The number of aromatic nitrogens is 2. The Bertz CT molecular complexity index is 814. The quantitative estimate of drug-likeness (QED) is 0.791. The van der Waals surface area contributed by atoms with Crippen LogP contribution in [0.25, 0.3) is 0 Å². The normalized spacial score (nSPS) is 28.2. The monoisotopic (exact) mass is 353 g/mol. The van der Waals surface area contributed by atoms with Crippen LogP contribution in [-0.4, -0.2) is 51.2 Å². The molecule has 6 heteroatoms. The summed E-state index contributed by atoms with van der Waals surface area (Å²) in [6, 6.07) is 12.9. The fourth-order valence-corrected chi connectivity index (χ4v) is 4.59. The molecule has 2 heterocycles. The zero-order valence-corrected chi connectivity index (χ0v) is 14.6. The van der Waals surface area contributed by atoms with Crippen LogP contribution in [-0.2, 0) is 6.42 Å². The lowest BCUT2D eigenvalue weighted by atomic mass is 9.91. The number of aliphatic hydroxyl groups is 1. The molecule has 6 nitrogen and oxygen atoms in total. The van der Waals surface area contributed by atoms with E-state index in [1.807, 2.05) is 18.2 Å². The summed E-state index contributed by atoms with van der Waals surface area (Å²) < 4.78 is 0. The molecule has 1 saturated heterocycles. The van der Waals surface area contributed by atoms with E-state index in [-0.39, 0.29) is 11.3 Å². The Balaban J connectivity index is 1.34. The molecule has 1 saturated carbocycles. The molecule has 26 heavy (non-hydrogen) atoms. The number of ketones is 1. The fraction of sp³-hybridized carbons (Fsp3) is 0.450. The van der Waals surface area contributed by atoms with Crippen molar-refractivity contribution in [3.05, 3.63) is 64.1 Å². The number of rotatable bonds is 5. The van der Waals surface area contributed by atoms with Gasteiger partial charge >= 0.3 is 0 Å². The minimum absolute atomic E-state index is 0.0826. The average molecular weight is 353 g/mol. The van der Waals surface area contributed by atoms with Crippen LogP contribution in [0.4, 0.5) is 0 Å². The number of carbonyl (C=O) groups is 1. The number of Topliss-reactive ketones (excluding diaryl/α,β-unsaturated/α-hetero) is 1. The van der Waals surface area contributed by atoms with Crippen molar-refractivity contribution in [1.82, 2.24) is 15.1 Å². The largest absolute Gasteiger partial charge is 0.390 e. The van der Waals surface area contributed by atoms with Crippen LogP contribution in [0.5, 0.6) is 0 Å². The summed E-state index contributed by atoms with van der Waals surface area (Å²) >= 11 is 0. The fourth-order valence-electron chi connectivity index (χ4n) is 4.59. The molecule has 0 amide bonds. The van der Waals surface area contributed by atoms with Crippen LogP contribution in [0, 0.1) is 11.8 Å². The average Bonchev–Trinajstić information content (AvgIpc) is 3.10. The highest BCUT2D eigenvalue weighted by molar-refractivity contribution is 5.95. The van der Waals surface area contributed by atoms with Crippen molar-refractivity contribution in [2.45, 2.75) is 24.9 Å². The van der Waals surface area contributed by atoms with E-state index < -0.39 is 5.60 Å². The summed E-state index contributed by atoms with van der Waals surface area (Å²) in [7, 11) is 0. The van der Waals surface area contributed by atoms with Gasteiger partial charge in [-0.1, -0.05) is 30.3 Å². The van der Waals surface area contributed by atoms with Crippen LogP contribution in [0.1, 0.15) is 28.9 Å². The molecule has 1 unspecified atom stereocenters. The molecule has 136 valence electrons. The van der Waals surface area contributed by atoms with E-state index in [9.17, 15) is 14.7 Å². The minimum Gasteiger partial charge on any atom is -0.390 e. The lowest BCUT2D eigenvalue weighted by molar-refractivity contribution is 0.0355. The van der Waals surface area contributed by atoms with Gasteiger partial charge in [-0.25, -0.2) is 5.10 Å². The summed E-state index contributed by atoms with van der Waals surface area (Å²) in [5.74, 6) is 0.779. The number of hydrogen-bond donors (Lipinski definition) is 2. The van der Waals surface area contributed by atoms with Gasteiger partial charge in [0, 0.05) is 25.6 Å². The number of benzene rings is 1. The minimum atomic E-state index is -0.632. The van der Waals surface area contributed by atoms with Crippen molar-refractivity contribution in [3.63, 3.8) is 0 Å². The summed E-state index contributed by atoms with van der Waals surface area (Å²) in [6.07, 6.45) is 2.27. The molecule has 1 aliphatic carbocycles. The van der Waals surface area contributed by atoms with Crippen molar-refractivity contribution in [2.75, 3.05) is 19.6 Å². The topological polar surface area (TPSA) is 86.3 Å². The number of nitrogens with one attached hydrogen (secondary N) is 1. The third-order valence-electron chi connectivity index (χ3n) is 5.64. The van der Waals surface area contributed by atoms with Crippen molar-refractivity contribution in [1.29, 1.82) is 0 Å². The Labute approximate surface area is 151 Å². The van der Waals surface area contributed by atoms with Crippen LogP contribution in [0.2, 0.25) is 0 Å². The highest BCUT2D eigenvalue weighted by atomic mass is 16.3. The van der Waals surface area contributed by atoms with Gasteiger partial charge in [-0.15, -0.1) is 0 Å². The molecule has 2 aliphatic rings. The Morgan fingerprint density at radius 3 is 2.46 bits per heavy atom. The Morgan fingerprint density at radius 1 is 1.15 bits per heavy atom. The van der Waals surface area contributed by atoms with E-state index in [0.717, 1.165) is 25.9 Å². The molecule has 3 atom stereocenters. The van der Waals surface area contributed by atoms with Gasteiger partial charge in [0.15, 0.2) is 5.78 Å². The second-order valence-electron chi connectivity index (χ2n) is 7.74. The van der Waals surface area contributed by atoms with Crippen molar-refractivity contribution in [3.8, 4) is 0 Å². The van der Waals surface area contributed by atoms with Gasteiger partial charge in [0.1, 0.15) is 5.69 Å². The highest BCUT2D eigenvalue weighted by Gasteiger charge is 2.48. The Morgan fingerprint density at radius 2 is 1.85 bits per heavy atom. The van der Waals surface area contributed by atoms with E-state index in [1.54, 1.807) is 0 Å². The number of hydrogen-bond acceptors (Lipinski definition) is 5. The Hall–Kier alpha value is -2.31. The van der Waals surface area contributed by atoms with Crippen LogP contribution >= 0.6 is 0 Å². The number of fused-ring (bicyclic) bond motifs is 1. The maximum Gasteiger partial charge on any atom is 0.264 e. The van der Waals surface area contributed by atoms with E-state index in [0.29, 0.717) is 30.5 Å². The third-order valence-corrected chi connectivity index (χ3v) is 5.64.